The van der Waals surface area contributed by atoms with Crippen LogP contribution in [0.4, 0.5) is 0 Å². The fourth-order valence-corrected chi connectivity index (χ4v) is 7.97. The number of esters is 1. The Hall–Kier alpha value is -2.34. The van der Waals surface area contributed by atoms with Gasteiger partial charge in [0.2, 0.25) is 0 Å². The second kappa shape index (κ2) is 20.6. The molecule has 2 heterocycles. The SMILES string of the molecule is COC(=O)CCC/C=C\C[C@@H]1[C@@H](/C=C/[C@H](OC2CCCCO2)C(C)CC=C(C)C)[C@H](OC2CCCCO2)C[C@H]1OS(=O)(=O)c1ccc(C)cc1. The van der Waals surface area contributed by atoms with Crippen molar-refractivity contribution < 1.29 is 41.1 Å². The summed E-state index contributed by atoms with van der Waals surface area (Å²) in [5, 5.41) is 0. The summed E-state index contributed by atoms with van der Waals surface area (Å²) in [6, 6.07) is 6.76. The lowest BCUT2D eigenvalue weighted by Gasteiger charge is -2.31. The van der Waals surface area contributed by atoms with Crippen LogP contribution in [0.2, 0.25) is 0 Å². The second-order valence-corrected chi connectivity index (χ2v) is 15.9. The van der Waals surface area contributed by atoms with Gasteiger partial charge in [0.05, 0.1) is 30.3 Å². The van der Waals surface area contributed by atoms with Gasteiger partial charge < -0.3 is 23.7 Å². The largest absolute Gasteiger partial charge is 0.469 e. The zero-order chi connectivity index (χ0) is 35.9. The fourth-order valence-electron chi connectivity index (χ4n) is 6.85. The van der Waals surface area contributed by atoms with Crippen molar-refractivity contribution in [2.75, 3.05) is 20.3 Å². The van der Waals surface area contributed by atoms with Crippen LogP contribution >= 0.6 is 0 Å². The van der Waals surface area contributed by atoms with Crippen LogP contribution in [0.1, 0.15) is 103 Å². The molecule has 2 saturated heterocycles. The Morgan fingerprint density at radius 3 is 2.32 bits per heavy atom. The first-order valence-electron chi connectivity index (χ1n) is 18.6. The Balaban J connectivity index is 1.63. The van der Waals surface area contributed by atoms with Crippen LogP contribution in [0, 0.1) is 24.7 Å². The molecule has 0 bridgehead atoms. The highest BCUT2D eigenvalue weighted by molar-refractivity contribution is 7.86. The molecule has 0 radical (unpaired) electrons. The van der Waals surface area contributed by atoms with Gasteiger partial charge in [-0.15, -0.1) is 0 Å². The minimum Gasteiger partial charge on any atom is -0.469 e. The van der Waals surface area contributed by atoms with Crippen LogP contribution in [0.15, 0.2) is 65.1 Å². The number of unbranched alkanes of at least 4 members (excludes halogenated alkanes) is 1. The molecule has 50 heavy (non-hydrogen) atoms. The van der Waals surface area contributed by atoms with E-state index in [1.807, 2.05) is 6.92 Å². The van der Waals surface area contributed by atoms with Gasteiger partial charge in [0.25, 0.3) is 10.1 Å². The third kappa shape index (κ3) is 13.0. The number of aryl methyl sites for hydroxylation is 1. The maximum atomic E-state index is 13.7. The van der Waals surface area contributed by atoms with Crippen molar-refractivity contribution in [3.63, 3.8) is 0 Å². The molecule has 10 heteroatoms. The van der Waals surface area contributed by atoms with E-state index < -0.39 is 16.2 Å². The number of allylic oxidation sites excluding steroid dienone is 4. The normalized spacial score (nSPS) is 27.4. The summed E-state index contributed by atoms with van der Waals surface area (Å²) in [5.74, 6) is -0.395. The van der Waals surface area contributed by atoms with Crippen LogP contribution < -0.4 is 0 Å². The molecule has 1 aromatic carbocycles. The first-order chi connectivity index (χ1) is 24.1. The molecule has 280 valence electrons. The van der Waals surface area contributed by atoms with E-state index in [1.165, 1.54) is 12.7 Å². The van der Waals surface area contributed by atoms with Crippen molar-refractivity contribution >= 4 is 16.1 Å². The van der Waals surface area contributed by atoms with Crippen molar-refractivity contribution in [1.29, 1.82) is 0 Å². The first kappa shape index (κ1) is 40.4. The third-order valence-corrected chi connectivity index (χ3v) is 11.2. The summed E-state index contributed by atoms with van der Waals surface area (Å²) in [6.45, 7) is 9.68. The molecule has 3 unspecified atom stereocenters. The number of benzene rings is 1. The molecule has 0 spiro atoms. The van der Waals surface area contributed by atoms with E-state index in [-0.39, 0.29) is 53.4 Å². The number of ether oxygens (including phenoxy) is 5. The molecule has 0 amide bonds. The lowest BCUT2D eigenvalue weighted by Crippen LogP contribution is -2.32. The van der Waals surface area contributed by atoms with Gasteiger partial charge >= 0.3 is 5.97 Å². The van der Waals surface area contributed by atoms with E-state index in [1.54, 1.807) is 24.3 Å². The maximum absolute atomic E-state index is 13.7. The van der Waals surface area contributed by atoms with E-state index in [2.05, 4.69) is 51.2 Å². The molecular formula is C40H60O9S. The number of hydrogen-bond donors (Lipinski definition) is 0. The summed E-state index contributed by atoms with van der Waals surface area (Å²) in [5.41, 5.74) is 2.24. The van der Waals surface area contributed by atoms with Crippen molar-refractivity contribution in [2.45, 2.75) is 141 Å². The summed E-state index contributed by atoms with van der Waals surface area (Å²) in [4.78, 5) is 11.7. The topological polar surface area (TPSA) is 107 Å². The molecule has 0 aromatic heterocycles. The zero-order valence-electron chi connectivity index (χ0n) is 30.8. The van der Waals surface area contributed by atoms with Crippen LogP contribution in [0.25, 0.3) is 0 Å². The Morgan fingerprint density at radius 2 is 1.68 bits per heavy atom. The highest BCUT2D eigenvalue weighted by Crippen LogP contribution is 2.42. The number of rotatable bonds is 18. The van der Waals surface area contributed by atoms with Gasteiger partial charge in [0, 0.05) is 32.0 Å². The Kier molecular flexibility index (Phi) is 16.7. The van der Waals surface area contributed by atoms with Gasteiger partial charge in [-0.2, -0.15) is 8.42 Å². The summed E-state index contributed by atoms with van der Waals surface area (Å²) in [7, 11) is -2.64. The van der Waals surface area contributed by atoms with Gasteiger partial charge in [-0.25, -0.2) is 0 Å². The zero-order valence-corrected chi connectivity index (χ0v) is 31.6. The smallest absolute Gasteiger partial charge is 0.305 e. The number of methoxy groups -OCH3 is 1. The highest BCUT2D eigenvalue weighted by Gasteiger charge is 2.46. The molecule has 8 atom stereocenters. The molecule has 4 rings (SSSR count). The average molecular weight is 717 g/mol. The van der Waals surface area contributed by atoms with Gasteiger partial charge in [-0.3, -0.25) is 8.98 Å². The van der Waals surface area contributed by atoms with Crippen molar-refractivity contribution in [1.82, 2.24) is 0 Å². The van der Waals surface area contributed by atoms with Gasteiger partial charge in [0.1, 0.15) is 0 Å². The molecule has 1 aliphatic carbocycles. The van der Waals surface area contributed by atoms with E-state index >= 15 is 0 Å². The van der Waals surface area contributed by atoms with Crippen LogP contribution in [0.5, 0.6) is 0 Å². The Bertz CT molecular complexity index is 1350. The Labute approximate surface area is 300 Å². The first-order valence-corrected chi connectivity index (χ1v) is 20.0. The maximum Gasteiger partial charge on any atom is 0.305 e. The van der Waals surface area contributed by atoms with Crippen LogP contribution in [-0.4, -0.2) is 65.6 Å². The fraction of sp³-hybridized carbons (Fsp3) is 0.675. The van der Waals surface area contributed by atoms with Crippen LogP contribution in [0.3, 0.4) is 0 Å². The van der Waals surface area contributed by atoms with Crippen molar-refractivity contribution in [2.24, 2.45) is 17.8 Å². The molecular weight excluding hydrogens is 656 g/mol. The van der Waals surface area contributed by atoms with Gasteiger partial charge in [0.15, 0.2) is 12.6 Å². The van der Waals surface area contributed by atoms with E-state index in [0.717, 1.165) is 50.5 Å². The van der Waals surface area contributed by atoms with Gasteiger partial charge in [-0.05, 0) is 109 Å². The molecule has 9 nitrogen and oxygen atoms in total. The molecule has 1 saturated carbocycles. The van der Waals surface area contributed by atoms with Crippen molar-refractivity contribution in [3.05, 3.63) is 65.8 Å². The Morgan fingerprint density at radius 1 is 0.980 bits per heavy atom. The standard InChI is InChI=1S/C40H60O9S/c1-29(2)18-21-31(4)35(47-39-16-10-12-26-45-39)25-24-34-33(14-8-6-7-9-15-38(41)44-5)37(28-36(34)48-40-17-11-13-27-46-40)49-50(42,43)32-22-19-30(3)20-23-32/h6,8,18-20,22-25,31,33-37,39-40H,7,9-17,21,26-28H2,1-5H3/b8-6-,25-24+/t31?,33-,34-,35+,36-,37-,39?,40?/m1/s1. The number of carbonyl (C=O) groups excluding carboxylic acids is 1. The summed E-state index contributed by atoms with van der Waals surface area (Å²) < 4.78 is 63.5. The molecule has 0 N–H and O–H groups in total. The van der Waals surface area contributed by atoms with E-state index in [0.29, 0.717) is 45.3 Å². The summed E-state index contributed by atoms with van der Waals surface area (Å²) >= 11 is 0. The molecule has 2 aliphatic heterocycles. The third-order valence-electron chi connectivity index (χ3n) is 9.87. The highest BCUT2D eigenvalue weighted by atomic mass is 32.2. The predicted molar refractivity (Wildman–Crippen MR) is 194 cm³/mol. The lowest BCUT2D eigenvalue weighted by atomic mass is 9.88. The van der Waals surface area contributed by atoms with E-state index in [9.17, 15) is 13.2 Å². The quantitative estimate of drug-likeness (QED) is 0.0641. The second-order valence-electron chi connectivity index (χ2n) is 14.3. The molecule has 1 aromatic rings. The van der Waals surface area contributed by atoms with Crippen LogP contribution in [-0.2, 0) is 42.8 Å². The molecule has 3 aliphatic rings. The minimum absolute atomic E-state index is 0.140. The number of carbonyl (C=O) groups is 1. The van der Waals surface area contributed by atoms with Crippen molar-refractivity contribution in [3.8, 4) is 0 Å². The monoisotopic (exact) mass is 716 g/mol. The number of hydrogen-bond acceptors (Lipinski definition) is 9. The minimum atomic E-state index is -4.04. The average Bonchev–Trinajstić information content (AvgIpc) is 3.41. The summed E-state index contributed by atoms with van der Waals surface area (Å²) in [6.07, 6.45) is 18.4. The van der Waals surface area contributed by atoms with E-state index in [4.69, 9.17) is 27.9 Å². The lowest BCUT2D eigenvalue weighted by molar-refractivity contribution is -0.193. The molecule has 3 fully saturated rings. The van der Waals surface area contributed by atoms with Gasteiger partial charge in [-0.1, -0.05) is 60.6 Å². The predicted octanol–water partition coefficient (Wildman–Crippen LogP) is 8.37.